The first-order valence-electron chi connectivity index (χ1n) is 5.12. The van der Waals surface area contributed by atoms with Gasteiger partial charge in [-0.25, -0.2) is 0 Å². The van der Waals surface area contributed by atoms with Crippen LogP contribution in [0.15, 0.2) is 18.2 Å². The Morgan fingerprint density at radius 3 is 2.31 bits per heavy atom. The van der Waals surface area contributed by atoms with Gasteiger partial charge in [0.05, 0.1) is 10.7 Å². The van der Waals surface area contributed by atoms with Crippen LogP contribution < -0.4 is 5.73 Å². The summed E-state index contributed by atoms with van der Waals surface area (Å²) in [4.78, 5) is 2.64. The van der Waals surface area contributed by atoms with Crippen LogP contribution in [0, 0.1) is 20.8 Å². The summed E-state index contributed by atoms with van der Waals surface area (Å²) < 4.78 is 0. The first-order chi connectivity index (χ1) is 7.49. The normalized spacial score (nSPS) is 10.8. The van der Waals surface area contributed by atoms with Crippen molar-refractivity contribution in [2.75, 3.05) is 5.73 Å². The summed E-state index contributed by atoms with van der Waals surface area (Å²) in [7, 11) is 0. The van der Waals surface area contributed by atoms with E-state index in [1.807, 2.05) is 23.5 Å². The Bertz CT molecular complexity index is 543. The number of hydrogen-bond acceptors (Lipinski definition) is 2. The molecule has 16 heavy (non-hydrogen) atoms. The highest BCUT2D eigenvalue weighted by atomic mass is 35.5. The molecule has 0 saturated heterocycles. The second-order valence-corrected chi connectivity index (χ2v) is 5.88. The quantitative estimate of drug-likeness (QED) is 0.738. The first kappa shape index (κ1) is 11.5. The van der Waals surface area contributed by atoms with Crippen molar-refractivity contribution in [3.05, 3.63) is 38.5 Å². The summed E-state index contributed by atoms with van der Waals surface area (Å²) in [5.74, 6) is 0. The van der Waals surface area contributed by atoms with Crippen LogP contribution in [0.5, 0.6) is 0 Å². The largest absolute Gasteiger partial charge is 0.398 e. The molecule has 0 unspecified atom stereocenters. The second kappa shape index (κ2) is 4.11. The molecule has 3 heteroatoms. The molecule has 0 aliphatic heterocycles. The van der Waals surface area contributed by atoms with Crippen LogP contribution in [-0.4, -0.2) is 0 Å². The Balaban J connectivity index is 2.64. The third-order valence-electron chi connectivity index (χ3n) is 2.67. The fourth-order valence-electron chi connectivity index (χ4n) is 1.89. The van der Waals surface area contributed by atoms with Gasteiger partial charge >= 0.3 is 0 Å². The van der Waals surface area contributed by atoms with E-state index < -0.39 is 0 Å². The summed E-state index contributed by atoms with van der Waals surface area (Å²) >= 11 is 7.88. The van der Waals surface area contributed by atoms with Crippen molar-refractivity contribution in [1.29, 1.82) is 0 Å². The monoisotopic (exact) mass is 251 g/mol. The highest BCUT2D eigenvalue weighted by Gasteiger charge is 2.10. The maximum absolute atomic E-state index is 6.07. The maximum Gasteiger partial charge on any atom is 0.0641 e. The smallest absolute Gasteiger partial charge is 0.0641 e. The number of nitrogen functional groups attached to an aromatic ring is 1. The number of aryl methyl sites for hydroxylation is 3. The van der Waals surface area contributed by atoms with Crippen LogP contribution in [0.25, 0.3) is 11.1 Å². The second-order valence-electron chi connectivity index (χ2n) is 4.02. The van der Waals surface area contributed by atoms with Crippen LogP contribution in [0.2, 0.25) is 5.02 Å². The van der Waals surface area contributed by atoms with Crippen LogP contribution in [0.4, 0.5) is 5.69 Å². The predicted octanol–water partition coefficient (Wildman–Crippen LogP) is 4.58. The molecule has 2 aromatic rings. The average Bonchev–Trinajstić information content (AvgIpc) is 2.51. The molecule has 0 amide bonds. The van der Waals surface area contributed by atoms with Gasteiger partial charge in [-0.1, -0.05) is 11.6 Å². The zero-order valence-electron chi connectivity index (χ0n) is 9.60. The minimum Gasteiger partial charge on any atom is -0.398 e. The minimum atomic E-state index is 0.629. The minimum absolute atomic E-state index is 0.629. The molecule has 2 rings (SSSR count). The van der Waals surface area contributed by atoms with Crippen LogP contribution in [0.1, 0.15) is 15.3 Å². The van der Waals surface area contributed by atoms with Crippen LogP contribution >= 0.6 is 22.9 Å². The average molecular weight is 252 g/mol. The van der Waals surface area contributed by atoms with Gasteiger partial charge in [0.15, 0.2) is 0 Å². The fourth-order valence-corrected chi connectivity index (χ4v) is 2.99. The molecule has 84 valence electrons. The van der Waals surface area contributed by atoms with Crippen molar-refractivity contribution in [3.8, 4) is 11.1 Å². The van der Waals surface area contributed by atoms with Gasteiger partial charge in [0.25, 0.3) is 0 Å². The molecule has 0 radical (unpaired) electrons. The molecule has 0 aliphatic carbocycles. The van der Waals surface area contributed by atoms with Gasteiger partial charge in [0.1, 0.15) is 0 Å². The molecule has 0 saturated carbocycles. The Kier molecular flexibility index (Phi) is 2.96. The molecule has 0 fully saturated rings. The summed E-state index contributed by atoms with van der Waals surface area (Å²) in [5.41, 5.74) is 10.0. The highest BCUT2D eigenvalue weighted by Crippen LogP contribution is 2.35. The van der Waals surface area contributed by atoms with E-state index in [2.05, 4.69) is 26.8 Å². The summed E-state index contributed by atoms with van der Waals surface area (Å²) in [6.07, 6.45) is 0. The van der Waals surface area contributed by atoms with Crippen molar-refractivity contribution in [1.82, 2.24) is 0 Å². The summed E-state index contributed by atoms with van der Waals surface area (Å²) in [5, 5.41) is 0.629. The molecule has 1 nitrogen and oxygen atoms in total. The zero-order chi connectivity index (χ0) is 11.9. The molecule has 1 heterocycles. The third-order valence-corrected chi connectivity index (χ3v) is 3.97. The van der Waals surface area contributed by atoms with Crippen molar-refractivity contribution in [3.63, 3.8) is 0 Å². The number of halogens is 1. The Morgan fingerprint density at radius 2 is 1.75 bits per heavy atom. The van der Waals surface area contributed by atoms with Crippen LogP contribution in [-0.2, 0) is 0 Å². The number of rotatable bonds is 1. The predicted molar refractivity (Wildman–Crippen MR) is 73.4 cm³/mol. The Morgan fingerprint density at radius 1 is 1.06 bits per heavy atom. The van der Waals surface area contributed by atoms with E-state index in [-0.39, 0.29) is 0 Å². The molecular formula is C13H14ClNS. The SMILES string of the molecule is Cc1cc(-c2cc(Cl)c(N)cc2C)c(C)s1. The van der Waals surface area contributed by atoms with Gasteiger partial charge in [-0.05, 0) is 55.7 Å². The third kappa shape index (κ3) is 1.95. The van der Waals surface area contributed by atoms with Crippen molar-refractivity contribution < 1.29 is 0 Å². The Labute approximate surface area is 105 Å². The van der Waals surface area contributed by atoms with E-state index in [0.717, 1.165) is 0 Å². The van der Waals surface area contributed by atoms with E-state index in [1.165, 1.54) is 26.4 Å². The van der Waals surface area contributed by atoms with Gasteiger partial charge < -0.3 is 5.73 Å². The van der Waals surface area contributed by atoms with Crippen molar-refractivity contribution >= 4 is 28.6 Å². The summed E-state index contributed by atoms with van der Waals surface area (Å²) in [6, 6.07) is 6.10. The van der Waals surface area contributed by atoms with Gasteiger partial charge in [-0.15, -0.1) is 11.3 Å². The van der Waals surface area contributed by atoms with Gasteiger partial charge in [0.2, 0.25) is 0 Å². The molecule has 1 aromatic heterocycles. The topological polar surface area (TPSA) is 26.0 Å². The van der Waals surface area contributed by atoms with E-state index in [0.29, 0.717) is 10.7 Å². The molecule has 0 aliphatic rings. The summed E-state index contributed by atoms with van der Waals surface area (Å²) in [6.45, 7) is 6.32. The lowest BCUT2D eigenvalue weighted by Crippen LogP contribution is -1.90. The lowest BCUT2D eigenvalue weighted by Gasteiger charge is -2.08. The van der Waals surface area contributed by atoms with Gasteiger partial charge in [-0.2, -0.15) is 0 Å². The lowest BCUT2D eigenvalue weighted by molar-refractivity contribution is 1.45. The van der Waals surface area contributed by atoms with E-state index >= 15 is 0 Å². The van der Waals surface area contributed by atoms with E-state index in [1.54, 1.807) is 0 Å². The maximum atomic E-state index is 6.07. The number of nitrogens with two attached hydrogens (primary N) is 1. The standard InChI is InChI=1S/C13H14ClNS/c1-7-4-13(15)12(14)6-10(7)11-5-8(2)16-9(11)3/h4-6H,15H2,1-3H3. The van der Waals surface area contributed by atoms with E-state index in [4.69, 9.17) is 17.3 Å². The molecular weight excluding hydrogens is 238 g/mol. The van der Waals surface area contributed by atoms with Crippen LogP contribution in [0.3, 0.4) is 0 Å². The number of benzene rings is 1. The molecule has 0 bridgehead atoms. The highest BCUT2D eigenvalue weighted by molar-refractivity contribution is 7.12. The van der Waals surface area contributed by atoms with Crippen molar-refractivity contribution in [2.45, 2.75) is 20.8 Å². The lowest BCUT2D eigenvalue weighted by atomic mass is 10.0. The Hall–Kier alpha value is -0.990. The molecule has 0 spiro atoms. The van der Waals surface area contributed by atoms with E-state index in [9.17, 15) is 0 Å². The van der Waals surface area contributed by atoms with Crippen molar-refractivity contribution in [2.24, 2.45) is 0 Å². The number of thiophene rings is 1. The molecule has 0 atom stereocenters. The fraction of sp³-hybridized carbons (Fsp3) is 0.231. The number of anilines is 1. The first-order valence-corrected chi connectivity index (χ1v) is 6.31. The van der Waals surface area contributed by atoms with Gasteiger partial charge in [0, 0.05) is 9.75 Å². The van der Waals surface area contributed by atoms with Gasteiger partial charge in [-0.3, -0.25) is 0 Å². The molecule has 2 N–H and O–H groups in total. The zero-order valence-corrected chi connectivity index (χ0v) is 11.2. The number of hydrogen-bond donors (Lipinski definition) is 1. The molecule has 1 aromatic carbocycles.